The van der Waals surface area contributed by atoms with E-state index in [-0.39, 0.29) is 24.2 Å². The van der Waals surface area contributed by atoms with Crippen LogP contribution >= 0.6 is 0 Å². The van der Waals surface area contributed by atoms with Crippen molar-refractivity contribution in [1.29, 1.82) is 0 Å². The predicted molar refractivity (Wildman–Crippen MR) is 112 cm³/mol. The van der Waals surface area contributed by atoms with E-state index in [9.17, 15) is 19.0 Å². The summed E-state index contributed by atoms with van der Waals surface area (Å²) in [5.41, 5.74) is 0.797. The molecule has 1 aliphatic heterocycles. The fraction of sp³-hybridized carbons (Fsp3) is 0.478. The monoisotopic (exact) mass is 420 g/mol. The first kappa shape index (κ1) is 22.6. The molecule has 0 bridgehead atoms. The van der Waals surface area contributed by atoms with Crippen LogP contribution in [0.1, 0.15) is 18.4 Å². The van der Waals surface area contributed by atoms with Gasteiger partial charge in [0.1, 0.15) is 30.1 Å². The van der Waals surface area contributed by atoms with Crippen LogP contribution in [0, 0.1) is 11.6 Å². The summed E-state index contributed by atoms with van der Waals surface area (Å²) < 4.78 is 31.8. The molecule has 0 aromatic heterocycles. The van der Waals surface area contributed by atoms with E-state index in [2.05, 4.69) is 9.80 Å². The summed E-state index contributed by atoms with van der Waals surface area (Å²) in [6, 6.07) is 12.1. The van der Waals surface area contributed by atoms with E-state index >= 15 is 0 Å². The third kappa shape index (κ3) is 6.74. The summed E-state index contributed by atoms with van der Waals surface area (Å²) in [6.45, 7) is 6.24. The van der Waals surface area contributed by atoms with Gasteiger partial charge < -0.3 is 14.9 Å². The van der Waals surface area contributed by atoms with Crippen molar-refractivity contribution in [3.63, 3.8) is 0 Å². The van der Waals surface area contributed by atoms with Crippen molar-refractivity contribution >= 4 is 0 Å². The average Bonchev–Trinajstić information content (AvgIpc) is 2.74. The van der Waals surface area contributed by atoms with Crippen molar-refractivity contribution in [2.24, 2.45) is 0 Å². The largest absolute Gasteiger partial charge is 0.491 e. The molecular weight excluding hydrogens is 390 g/mol. The van der Waals surface area contributed by atoms with Gasteiger partial charge in [0, 0.05) is 45.2 Å². The van der Waals surface area contributed by atoms with Crippen molar-refractivity contribution in [2.75, 3.05) is 45.9 Å². The van der Waals surface area contributed by atoms with Gasteiger partial charge >= 0.3 is 0 Å². The van der Waals surface area contributed by atoms with Gasteiger partial charge in [-0.15, -0.1) is 0 Å². The highest BCUT2D eigenvalue weighted by Gasteiger charge is 2.24. The highest BCUT2D eigenvalue weighted by Crippen LogP contribution is 2.21. The minimum atomic E-state index is -0.639. The molecule has 30 heavy (non-hydrogen) atoms. The minimum absolute atomic E-state index is 0.149. The smallest absolute Gasteiger partial charge is 0.123 e. The summed E-state index contributed by atoms with van der Waals surface area (Å²) >= 11 is 0. The highest BCUT2D eigenvalue weighted by molar-refractivity contribution is 5.22. The van der Waals surface area contributed by atoms with Crippen LogP contribution in [0.15, 0.2) is 48.5 Å². The number of rotatable bonds is 9. The number of aliphatic hydroxyl groups is 2. The Kier molecular flexibility index (Phi) is 8.16. The minimum Gasteiger partial charge on any atom is -0.491 e. The molecule has 1 aliphatic rings. The van der Waals surface area contributed by atoms with Crippen LogP contribution in [0.3, 0.4) is 0 Å². The van der Waals surface area contributed by atoms with Gasteiger partial charge in [0.15, 0.2) is 0 Å². The van der Waals surface area contributed by atoms with E-state index in [1.54, 1.807) is 6.07 Å². The van der Waals surface area contributed by atoms with E-state index in [0.29, 0.717) is 18.8 Å². The topological polar surface area (TPSA) is 56.2 Å². The van der Waals surface area contributed by atoms with E-state index in [1.807, 2.05) is 13.0 Å². The Hall–Kier alpha value is -2.06. The third-order valence-corrected chi connectivity index (χ3v) is 5.59. The molecule has 3 atom stereocenters. The maximum absolute atomic E-state index is 13.4. The zero-order chi connectivity index (χ0) is 21.5. The van der Waals surface area contributed by atoms with Crippen LogP contribution in [0.2, 0.25) is 0 Å². The molecule has 1 fully saturated rings. The van der Waals surface area contributed by atoms with Gasteiger partial charge in [-0.25, -0.2) is 8.78 Å². The van der Waals surface area contributed by atoms with Gasteiger partial charge in [-0.05, 0) is 42.0 Å². The molecule has 7 heteroatoms. The first-order chi connectivity index (χ1) is 14.4. The number of ether oxygens (including phenoxy) is 1. The zero-order valence-electron chi connectivity index (χ0n) is 17.3. The molecule has 0 saturated carbocycles. The second-order valence-electron chi connectivity index (χ2n) is 7.93. The number of benzene rings is 2. The lowest BCUT2D eigenvalue weighted by molar-refractivity contribution is 0.0297. The average molecular weight is 421 g/mol. The van der Waals surface area contributed by atoms with Crippen LogP contribution in [-0.4, -0.2) is 78.1 Å². The molecule has 0 amide bonds. The van der Waals surface area contributed by atoms with Gasteiger partial charge in [-0.1, -0.05) is 19.1 Å². The van der Waals surface area contributed by atoms with Crippen molar-refractivity contribution in [3.8, 4) is 5.75 Å². The first-order valence-corrected chi connectivity index (χ1v) is 10.4. The van der Waals surface area contributed by atoms with E-state index in [0.717, 1.165) is 31.7 Å². The Balaban J connectivity index is 1.37. The maximum Gasteiger partial charge on any atom is 0.123 e. The normalized spacial score (nSPS) is 18.7. The molecule has 5 nitrogen and oxygen atoms in total. The summed E-state index contributed by atoms with van der Waals surface area (Å²) in [5, 5.41) is 20.8. The van der Waals surface area contributed by atoms with Crippen LogP contribution in [0.5, 0.6) is 5.75 Å². The standard InChI is InChI=1S/C23H30F2N2O3/c1-17(18-3-2-4-20(25)13-18)23(29)15-27-11-9-26(10-12-27)14-21(28)16-30-22-7-5-19(24)6-8-22/h2-8,13,17,21,23,28-29H,9-12,14-16H2,1H3. The lowest BCUT2D eigenvalue weighted by Crippen LogP contribution is -2.51. The molecule has 1 saturated heterocycles. The van der Waals surface area contributed by atoms with Gasteiger partial charge in [0.05, 0.1) is 6.10 Å². The highest BCUT2D eigenvalue weighted by atomic mass is 19.1. The number of hydrogen-bond donors (Lipinski definition) is 2. The van der Waals surface area contributed by atoms with Gasteiger partial charge in [0.25, 0.3) is 0 Å². The molecule has 0 spiro atoms. The molecule has 2 aromatic carbocycles. The van der Waals surface area contributed by atoms with Gasteiger partial charge in [-0.3, -0.25) is 9.80 Å². The van der Waals surface area contributed by atoms with Gasteiger partial charge in [-0.2, -0.15) is 0 Å². The number of nitrogens with zero attached hydrogens (tertiary/aromatic N) is 2. The Morgan fingerprint density at radius 3 is 2.17 bits per heavy atom. The van der Waals surface area contributed by atoms with E-state index in [4.69, 9.17) is 4.74 Å². The molecule has 0 radical (unpaired) electrons. The number of β-amino-alcohol motifs (C(OH)–C–C–N with tert-alkyl or cyclic N) is 2. The molecular formula is C23H30F2N2O3. The molecule has 3 unspecified atom stereocenters. The summed E-state index contributed by atoms with van der Waals surface area (Å²) in [6.07, 6.45) is -1.21. The quantitative estimate of drug-likeness (QED) is 0.653. The van der Waals surface area contributed by atoms with Crippen molar-refractivity contribution in [2.45, 2.75) is 25.0 Å². The molecule has 2 aromatic rings. The third-order valence-electron chi connectivity index (χ3n) is 5.59. The second kappa shape index (κ2) is 10.8. The van der Waals surface area contributed by atoms with Crippen LogP contribution in [0.25, 0.3) is 0 Å². The molecule has 2 N–H and O–H groups in total. The van der Waals surface area contributed by atoms with Crippen LogP contribution < -0.4 is 4.74 Å². The number of aliphatic hydroxyl groups excluding tert-OH is 2. The fourth-order valence-corrected chi connectivity index (χ4v) is 3.66. The summed E-state index contributed by atoms with van der Waals surface area (Å²) in [7, 11) is 0. The molecule has 3 rings (SSSR count). The number of hydrogen-bond acceptors (Lipinski definition) is 5. The Morgan fingerprint density at radius 1 is 0.900 bits per heavy atom. The van der Waals surface area contributed by atoms with Crippen LogP contribution in [0.4, 0.5) is 8.78 Å². The molecule has 164 valence electrons. The predicted octanol–water partition coefficient (Wildman–Crippen LogP) is 2.49. The SMILES string of the molecule is CC(c1cccc(F)c1)C(O)CN1CCN(CC(O)COc2ccc(F)cc2)CC1. The lowest BCUT2D eigenvalue weighted by Gasteiger charge is -2.37. The fourth-order valence-electron chi connectivity index (χ4n) is 3.66. The number of halogens is 2. The van der Waals surface area contributed by atoms with Crippen molar-refractivity contribution in [1.82, 2.24) is 9.80 Å². The zero-order valence-corrected chi connectivity index (χ0v) is 17.3. The van der Waals surface area contributed by atoms with Crippen LogP contribution in [-0.2, 0) is 0 Å². The van der Waals surface area contributed by atoms with E-state index < -0.39 is 12.2 Å². The maximum atomic E-state index is 13.4. The van der Waals surface area contributed by atoms with Crippen molar-refractivity contribution in [3.05, 3.63) is 65.7 Å². The van der Waals surface area contributed by atoms with Crippen molar-refractivity contribution < 1.29 is 23.7 Å². The summed E-state index contributed by atoms with van der Waals surface area (Å²) in [5.74, 6) is -0.232. The Bertz CT molecular complexity index is 782. The first-order valence-electron chi connectivity index (χ1n) is 10.4. The summed E-state index contributed by atoms with van der Waals surface area (Å²) in [4.78, 5) is 4.36. The van der Waals surface area contributed by atoms with E-state index in [1.165, 1.54) is 36.4 Å². The molecule has 1 heterocycles. The number of piperazine rings is 1. The van der Waals surface area contributed by atoms with Gasteiger partial charge in [0.2, 0.25) is 0 Å². The lowest BCUT2D eigenvalue weighted by atomic mass is 9.95. The molecule has 0 aliphatic carbocycles. The Morgan fingerprint density at radius 2 is 1.53 bits per heavy atom. The second-order valence-corrected chi connectivity index (χ2v) is 7.93. The Labute approximate surface area is 176 Å².